The fourth-order valence-corrected chi connectivity index (χ4v) is 2.75. The van der Waals surface area contributed by atoms with E-state index in [9.17, 15) is 5.11 Å². The standard InChI is InChI=1S/C10H17BrN2OS/c1-13(2)7-8(14)5-12-6-9-3-4-10(11)15-9/h3-4,8,12,14H,5-7H2,1-2H3. The fourth-order valence-electron chi connectivity index (χ4n) is 1.29. The zero-order valence-electron chi connectivity index (χ0n) is 9.03. The number of halogens is 1. The molecule has 5 heteroatoms. The van der Waals surface area contributed by atoms with Crippen LogP contribution in [0.5, 0.6) is 0 Å². The van der Waals surface area contributed by atoms with Crippen molar-refractivity contribution in [2.75, 3.05) is 27.2 Å². The van der Waals surface area contributed by atoms with Gasteiger partial charge in [0.05, 0.1) is 9.89 Å². The molecule has 0 bridgehead atoms. The smallest absolute Gasteiger partial charge is 0.0791 e. The molecule has 0 aliphatic carbocycles. The summed E-state index contributed by atoms with van der Waals surface area (Å²) in [5, 5.41) is 12.8. The van der Waals surface area contributed by atoms with Gasteiger partial charge >= 0.3 is 0 Å². The minimum Gasteiger partial charge on any atom is -0.390 e. The van der Waals surface area contributed by atoms with E-state index in [1.54, 1.807) is 11.3 Å². The predicted octanol–water partition coefficient (Wildman–Crippen LogP) is 1.52. The Morgan fingerprint density at radius 1 is 1.53 bits per heavy atom. The van der Waals surface area contributed by atoms with E-state index in [2.05, 4.69) is 27.3 Å². The van der Waals surface area contributed by atoms with Gasteiger partial charge in [-0.1, -0.05) is 0 Å². The second-order valence-corrected chi connectivity index (χ2v) is 6.30. The van der Waals surface area contributed by atoms with E-state index in [1.165, 1.54) is 4.88 Å². The van der Waals surface area contributed by atoms with Crippen LogP contribution in [0.1, 0.15) is 4.88 Å². The molecule has 1 rings (SSSR count). The van der Waals surface area contributed by atoms with Gasteiger partial charge in [0.1, 0.15) is 0 Å². The van der Waals surface area contributed by atoms with Crippen molar-refractivity contribution in [2.45, 2.75) is 12.6 Å². The molecule has 1 unspecified atom stereocenters. The Labute approximate surface area is 103 Å². The molecule has 0 aliphatic rings. The molecule has 0 spiro atoms. The predicted molar refractivity (Wildman–Crippen MR) is 68.3 cm³/mol. The molecular weight excluding hydrogens is 276 g/mol. The van der Waals surface area contributed by atoms with E-state index >= 15 is 0 Å². The summed E-state index contributed by atoms with van der Waals surface area (Å²) in [5.74, 6) is 0. The minimum atomic E-state index is -0.302. The van der Waals surface area contributed by atoms with Gasteiger partial charge < -0.3 is 15.3 Å². The van der Waals surface area contributed by atoms with Crippen LogP contribution in [-0.4, -0.2) is 43.3 Å². The van der Waals surface area contributed by atoms with Crippen molar-refractivity contribution in [1.29, 1.82) is 0 Å². The first-order chi connectivity index (χ1) is 7.08. The lowest BCUT2D eigenvalue weighted by atomic mass is 10.3. The van der Waals surface area contributed by atoms with Crippen LogP contribution in [0.2, 0.25) is 0 Å². The summed E-state index contributed by atoms with van der Waals surface area (Å²) >= 11 is 5.14. The third-order valence-electron chi connectivity index (χ3n) is 1.88. The van der Waals surface area contributed by atoms with Crippen molar-refractivity contribution < 1.29 is 5.11 Å². The number of aliphatic hydroxyl groups excluding tert-OH is 1. The molecule has 0 aliphatic heterocycles. The number of aliphatic hydroxyl groups is 1. The molecule has 1 heterocycles. The molecule has 0 radical (unpaired) electrons. The van der Waals surface area contributed by atoms with E-state index in [-0.39, 0.29) is 6.10 Å². The topological polar surface area (TPSA) is 35.5 Å². The molecule has 0 aromatic carbocycles. The van der Waals surface area contributed by atoms with Crippen LogP contribution in [0.15, 0.2) is 15.9 Å². The van der Waals surface area contributed by atoms with Gasteiger partial charge in [-0.05, 0) is 42.2 Å². The van der Waals surface area contributed by atoms with Crippen LogP contribution in [-0.2, 0) is 6.54 Å². The summed E-state index contributed by atoms with van der Waals surface area (Å²) in [6, 6.07) is 4.12. The summed E-state index contributed by atoms with van der Waals surface area (Å²) in [5.41, 5.74) is 0. The Morgan fingerprint density at radius 2 is 2.27 bits per heavy atom. The van der Waals surface area contributed by atoms with Gasteiger partial charge in [0.15, 0.2) is 0 Å². The Hall–Kier alpha value is 0.0600. The lowest BCUT2D eigenvalue weighted by molar-refractivity contribution is 0.134. The van der Waals surface area contributed by atoms with Crippen molar-refractivity contribution in [3.8, 4) is 0 Å². The fraction of sp³-hybridized carbons (Fsp3) is 0.600. The van der Waals surface area contributed by atoms with Gasteiger partial charge in [-0.2, -0.15) is 0 Å². The van der Waals surface area contributed by atoms with E-state index in [1.807, 2.05) is 25.1 Å². The van der Waals surface area contributed by atoms with Crippen LogP contribution in [0.25, 0.3) is 0 Å². The average Bonchev–Trinajstić information content (AvgIpc) is 2.50. The van der Waals surface area contributed by atoms with Crippen molar-refractivity contribution >= 4 is 27.3 Å². The van der Waals surface area contributed by atoms with E-state index < -0.39 is 0 Å². The first kappa shape index (κ1) is 13.1. The molecule has 86 valence electrons. The quantitative estimate of drug-likeness (QED) is 0.835. The van der Waals surface area contributed by atoms with Crippen LogP contribution in [0.3, 0.4) is 0 Å². The lowest BCUT2D eigenvalue weighted by Crippen LogP contribution is -2.34. The third kappa shape index (κ3) is 5.63. The third-order valence-corrected chi connectivity index (χ3v) is 3.51. The minimum absolute atomic E-state index is 0.302. The largest absolute Gasteiger partial charge is 0.390 e. The zero-order chi connectivity index (χ0) is 11.3. The van der Waals surface area contributed by atoms with Crippen LogP contribution < -0.4 is 5.32 Å². The second-order valence-electron chi connectivity index (χ2n) is 3.75. The van der Waals surface area contributed by atoms with Gasteiger partial charge in [-0.3, -0.25) is 0 Å². The maximum Gasteiger partial charge on any atom is 0.0791 e. The number of rotatable bonds is 6. The molecule has 1 aromatic heterocycles. The number of nitrogens with zero attached hydrogens (tertiary/aromatic N) is 1. The van der Waals surface area contributed by atoms with Crippen molar-refractivity contribution in [1.82, 2.24) is 10.2 Å². The number of hydrogen-bond acceptors (Lipinski definition) is 4. The maximum atomic E-state index is 9.59. The Balaban J connectivity index is 2.16. The first-order valence-corrected chi connectivity index (χ1v) is 6.46. The summed E-state index contributed by atoms with van der Waals surface area (Å²) in [6.07, 6.45) is -0.302. The van der Waals surface area contributed by atoms with Gasteiger partial charge in [-0.15, -0.1) is 11.3 Å². The van der Waals surface area contributed by atoms with Gasteiger partial charge in [0, 0.05) is 24.5 Å². The number of thiophene rings is 1. The van der Waals surface area contributed by atoms with Crippen LogP contribution in [0, 0.1) is 0 Å². The number of likely N-dealkylation sites (N-methyl/N-ethyl adjacent to an activating group) is 1. The summed E-state index contributed by atoms with van der Waals surface area (Å²) in [6.45, 7) is 2.15. The van der Waals surface area contributed by atoms with Gasteiger partial charge in [0.25, 0.3) is 0 Å². The maximum absolute atomic E-state index is 9.59. The Morgan fingerprint density at radius 3 is 2.80 bits per heavy atom. The van der Waals surface area contributed by atoms with Crippen molar-refractivity contribution in [3.63, 3.8) is 0 Å². The van der Waals surface area contributed by atoms with Crippen molar-refractivity contribution in [2.24, 2.45) is 0 Å². The molecule has 15 heavy (non-hydrogen) atoms. The molecule has 0 saturated heterocycles. The monoisotopic (exact) mass is 292 g/mol. The number of nitrogens with one attached hydrogen (secondary N) is 1. The highest BCUT2D eigenvalue weighted by Crippen LogP contribution is 2.21. The molecule has 0 saturated carbocycles. The summed E-state index contributed by atoms with van der Waals surface area (Å²) in [4.78, 5) is 3.26. The lowest BCUT2D eigenvalue weighted by Gasteiger charge is -2.16. The normalized spacial score (nSPS) is 13.4. The van der Waals surface area contributed by atoms with Crippen LogP contribution >= 0.6 is 27.3 Å². The molecular formula is C10H17BrN2OS. The molecule has 0 fully saturated rings. The van der Waals surface area contributed by atoms with E-state index in [0.29, 0.717) is 13.1 Å². The highest BCUT2D eigenvalue weighted by Gasteiger charge is 2.05. The Bertz CT molecular complexity index is 291. The first-order valence-electron chi connectivity index (χ1n) is 4.85. The highest BCUT2D eigenvalue weighted by atomic mass is 79.9. The van der Waals surface area contributed by atoms with Gasteiger partial charge in [-0.25, -0.2) is 0 Å². The number of hydrogen-bond donors (Lipinski definition) is 2. The molecule has 3 nitrogen and oxygen atoms in total. The Kier molecular flexibility index (Phi) is 5.78. The molecule has 0 amide bonds. The second kappa shape index (κ2) is 6.60. The summed E-state index contributed by atoms with van der Waals surface area (Å²) in [7, 11) is 3.92. The molecule has 2 N–H and O–H groups in total. The zero-order valence-corrected chi connectivity index (χ0v) is 11.4. The summed E-state index contributed by atoms with van der Waals surface area (Å²) < 4.78 is 1.15. The van der Waals surface area contributed by atoms with Crippen LogP contribution in [0.4, 0.5) is 0 Å². The van der Waals surface area contributed by atoms with E-state index in [0.717, 1.165) is 10.3 Å². The van der Waals surface area contributed by atoms with Crippen molar-refractivity contribution in [3.05, 3.63) is 20.8 Å². The highest BCUT2D eigenvalue weighted by molar-refractivity contribution is 9.11. The average molecular weight is 293 g/mol. The van der Waals surface area contributed by atoms with Gasteiger partial charge in [0.2, 0.25) is 0 Å². The SMILES string of the molecule is CN(C)CC(O)CNCc1ccc(Br)s1. The van der Waals surface area contributed by atoms with E-state index in [4.69, 9.17) is 0 Å². The molecule has 1 atom stereocenters. The molecule has 1 aromatic rings.